The van der Waals surface area contributed by atoms with Crippen LogP contribution in [0.4, 0.5) is 10.1 Å². The average Bonchev–Trinajstić information content (AvgIpc) is 3.56. The molecule has 4 N–H and O–H groups in total. The van der Waals surface area contributed by atoms with Crippen LogP contribution >= 0.6 is 0 Å². The van der Waals surface area contributed by atoms with Gasteiger partial charge in [0, 0.05) is 50.9 Å². The summed E-state index contributed by atoms with van der Waals surface area (Å²) >= 11 is 0. The number of carboxylic acids is 2. The van der Waals surface area contributed by atoms with E-state index in [1.165, 1.54) is 23.8 Å². The van der Waals surface area contributed by atoms with Gasteiger partial charge in [0.1, 0.15) is 11.6 Å². The molecule has 2 heterocycles. The highest BCUT2D eigenvalue weighted by Crippen LogP contribution is 2.38. The minimum atomic E-state index is -1.26. The van der Waals surface area contributed by atoms with Crippen molar-refractivity contribution in [3.63, 3.8) is 0 Å². The molecule has 2 aliphatic carbocycles. The molecule has 2 saturated carbocycles. The standard InChI is InChI=1S/C26H36FN3O5.C4H4O4/c27-17-6-7-24(35-18-4-1-2-5-18)21(14-17)29-12-10-28(11-13-29)8-3-9-30-25(33)19-15-22(31)23(32)16-20(19)26(30)34;5-3(6)1-2-4(7)8/h6-7,14,18-20,22-23,31-32H,1-5,8-13,15-16H2;1-2H,(H,5,6)(H,7,8)/b;2-1-. The Morgan fingerprint density at radius 3 is 1.98 bits per heavy atom. The Hall–Kier alpha value is -3.55. The number of amides is 2. The first-order valence-corrected chi connectivity index (χ1v) is 14.8. The van der Waals surface area contributed by atoms with Crippen LogP contribution < -0.4 is 9.64 Å². The number of aliphatic hydroxyl groups excluding tert-OH is 2. The van der Waals surface area contributed by atoms with Gasteiger partial charge in [-0.25, -0.2) is 14.0 Å². The van der Waals surface area contributed by atoms with E-state index in [1.807, 2.05) is 0 Å². The third kappa shape index (κ3) is 8.52. The van der Waals surface area contributed by atoms with Crippen LogP contribution in [-0.4, -0.2) is 112 Å². The third-order valence-electron chi connectivity index (χ3n) is 8.54. The van der Waals surface area contributed by atoms with Crippen molar-refractivity contribution in [1.82, 2.24) is 9.80 Å². The van der Waals surface area contributed by atoms with Crippen molar-refractivity contribution in [3.8, 4) is 5.75 Å². The van der Waals surface area contributed by atoms with Crippen LogP contribution in [0.2, 0.25) is 0 Å². The fourth-order valence-electron chi connectivity index (χ4n) is 6.27. The Morgan fingerprint density at radius 1 is 0.884 bits per heavy atom. The second kappa shape index (κ2) is 14.8. The van der Waals surface area contributed by atoms with Gasteiger partial charge in [0.05, 0.1) is 35.8 Å². The van der Waals surface area contributed by atoms with Crippen molar-refractivity contribution in [2.75, 3.05) is 44.2 Å². The van der Waals surface area contributed by atoms with E-state index in [1.54, 1.807) is 12.1 Å². The van der Waals surface area contributed by atoms with Gasteiger partial charge < -0.3 is 30.1 Å². The molecule has 43 heavy (non-hydrogen) atoms. The molecular weight excluding hydrogens is 565 g/mol. The molecule has 1 aromatic rings. The molecule has 2 aliphatic heterocycles. The number of carbonyl (C=O) groups is 4. The SMILES string of the molecule is O=C(O)/C=C\C(=O)O.O=C1C2CC(O)C(O)CC2C(=O)N1CCCN1CCN(c2cc(F)ccc2OC2CCCC2)CC1. The number of anilines is 1. The number of fused-ring (bicyclic) bond motifs is 1. The summed E-state index contributed by atoms with van der Waals surface area (Å²) < 4.78 is 20.3. The molecule has 13 heteroatoms. The summed E-state index contributed by atoms with van der Waals surface area (Å²) in [6, 6.07) is 4.77. The normalized spacial score (nSPS) is 26.4. The van der Waals surface area contributed by atoms with Crippen LogP contribution in [-0.2, 0) is 19.2 Å². The largest absolute Gasteiger partial charge is 0.488 e. The molecule has 5 rings (SSSR count). The topological polar surface area (TPSA) is 168 Å². The minimum absolute atomic E-state index is 0.154. The second-order valence-electron chi connectivity index (χ2n) is 11.5. The van der Waals surface area contributed by atoms with E-state index in [-0.39, 0.29) is 36.6 Å². The number of aliphatic carboxylic acids is 2. The lowest BCUT2D eigenvalue weighted by Crippen LogP contribution is -2.47. The lowest BCUT2D eigenvalue weighted by Gasteiger charge is -2.37. The fraction of sp³-hybridized carbons (Fsp3) is 0.600. The third-order valence-corrected chi connectivity index (χ3v) is 8.54. The summed E-state index contributed by atoms with van der Waals surface area (Å²) in [6.07, 6.45) is 4.90. The van der Waals surface area contributed by atoms with Crippen LogP contribution in [0.1, 0.15) is 44.9 Å². The lowest BCUT2D eigenvalue weighted by atomic mass is 9.78. The van der Waals surface area contributed by atoms with Crippen molar-refractivity contribution in [2.24, 2.45) is 11.8 Å². The summed E-state index contributed by atoms with van der Waals surface area (Å²) in [5.41, 5.74) is 0.816. The molecule has 0 spiro atoms. The number of likely N-dealkylation sites (tertiary alicyclic amines) is 1. The van der Waals surface area contributed by atoms with E-state index in [9.17, 15) is 33.8 Å². The number of aliphatic hydroxyl groups is 2. The predicted molar refractivity (Wildman–Crippen MR) is 152 cm³/mol. The summed E-state index contributed by atoms with van der Waals surface area (Å²) in [7, 11) is 0. The smallest absolute Gasteiger partial charge is 0.328 e. The molecule has 236 valence electrons. The first-order chi connectivity index (χ1) is 20.5. The van der Waals surface area contributed by atoms with E-state index >= 15 is 0 Å². The zero-order chi connectivity index (χ0) is 31.1. The van der Waals surface area contributed by atoms with Gasteiger partial charge in [0.25, 0.3) is 0 Å². The van der Waals surface area contributed by atoms with Crippen molar-refractivity contribution < 1.29 is 48.7 Å². The molecule has 0 aromatic heterocycles. The van der Waals surface area contributed by atoms with Crippen LogP contribution in [0.25, 0.3) is 0 Å². The number of hydrogen-bond acceptors (Lipinski definition) is 9. The number of piperazine rings is 1. The summed E-state index contributed by atoms with van der Waals surface area (Å²) in [4.78, 5) is 50.4. The van der Waals surface area contributed by atoms with Gasteiger partial charge in [-0.15, -0.1) is 0 Å². The maximum Gasteiger partial charge on any atom is 0.328 e. The zero-order valence-corrected chi connectivity index (χ0v) is 24.0. The predicted octanol–water partition coefficient (Wildman–Crippen LogP) is 1.49. The van der Waals surface area contributed by atoms with Crippen LogP contribution in [0.3, 0.4) is 0 Å². The molecule has 4 atom stereocenters. The highest BCUT2D eigenvalue weighted by atomic mass is 19.1. The van der Waals surface area contributed by atoms with Gasteiger partial charge in [-0.05, 0) is 63.6 Å². The Balaban J connectivity index is 0.000000467. The van der Waals surface area contributed by atoms with E-state index in [4.69, 9.17) is 14.9 Å². The number of rotatable bonds is 9. The van der Waals surface area contributed by atoms with Gasteiger partial charge in [-0.2, -0.15) is 0 Å². The first kappa shape index (κ1) is 32.4. The van der Waals surface area contributed by atoms with E-state index < -0.39 is 36.0 Å². The number of benzene rings is 1. The molecule has 2 amide bonds. The van der Waals surface area contributed by atoms with Crippen molar-refractivity contribution in [2.45, 2.75) is 63.3 Å². The van der Waals surface area contributed by atoms with Crippen molar-refractivity contribution in [3.05, 3.63) is 36.2 Å². The Morgan fingerprint density at radius 2 is 1.44 bits per heavy atom. The molecule has 2 saturated heterocycles. The summed E-state index contributed by atoms with van der Waals surface area (Å²) in [5, 5.41) is 35.4. The number of ether oxygens (including phenoxy) is 1. The minimum Gasteiger partial charge on any atom is -0.488 e. The molecule has 12 nitrogen and oxygen atoms in total. The fourth-order valence-corrected chi connectivity index (χ4v) is 6.27. The number of hydrogen-bond donors (Lipinski definition) is 4. The number of carbonyl (C=O) groups excluding carboxylic acids is 2. The van der Waals surface area contributed by atoms with Gasteiger partial charge in [0.2, 0.25) is 11.8 Å². The molecule has 4 fully saturated rings. The van der Waals surface area contributed by atoms with E-state index in [0.717, 1.165) is 57.0 Å². The van der Waals surface area contributed by atoms with Crippen LogP contribution in [0.15, 0.2) is 30.4 Å². The number of imide groups is 1. The van der Waals surface area contributed by atoms with Gasteiger partial charge in [-0.1, -0.05) is 0 Å². The van der Waals surface area contributed by atoms with Crippen LogP contribution in [0, 0.1) is 17.7 Å². The highest BCUT2D eigenvalue weighted by Gasteiger charge is 2.51. The van der Waals surface area contributed by atoms with Gasteiger partial charge in [-0.3, -0.25) is 19.4 Å². The summed E-state index contributed by atoms with van der Waals surface area (Å²) in [5.74, 6) is -3.45. The first-order valence-electron chi connectivity index (χ1n) is 14.8. The average molecular weight is 606 g/mol. The molecule has 0 bridgehead atoms. The van der Waals surface area contributed by atoms with Gasteiger partial charge >= 0.3 is 11.9 Å². The zero-order valence-electron chi connectivity index (χ0n) is 24.0. The molecular formula is C30H40FN3O9. The van der Waals surface area contributed by atoms with Crippen molar-refractivity contribution >= 4 is 29.4 Å². The molecule has 1 aromatic carbocycles. The molecule has 4 unspecified atom stereocenters. The van der Waals surface area contributed by atoms with Crippen LogP contribution in [0.5, 0.6) is 5.75 Å². The second-order valence-corrected chi connectivity index (χ2v) is 11.5. The maximum absolute atomic E-state index is 14.0. The Kier molecular flexibility index (Phi) is 11.1. The maximum atomic E-state index is 14.0. The van der Waals surface area contributed by atoms with Crippen molar-refractivity contribution in [1.29, 1.82) is 0 Å². The Bertz CT molecular complexity index is 1150. The lowest BCUT2D eigenvalue weighted by molar-refractivity contribution is -0.140. The number of halogens is 1. The molecule has 0 radical (unpaired) electrons. The number of carboxylic acid groups (broad SMARTS) is 2. The van der Waals surface area contributed by atoms with E-state index in [2.05, 4.69) is 9.80 Å². The monoisotopic (exact) mass is 605 g/mol. The van der Waals surface area contributed by atoms with E-state index in [0.29, 0.717) is 25.1 Å². The Labute approximate surface area is 249 Å². The highest BCUT2D eigenvalue weighted by molar-refractivity contribution is 6.05. The molecule has 4 aliphatic rings. The number of nitrogens with zero attached hydrogens (tertiary/aromatic N) is 3. The van der Waals surface area contributed by atoms with Gasteiger partial charge in [0.15, 0.2) is 0 Å². The quantitative estimate of drug-likeness (QED) is 0.238. The summed E-state index contributed by atoms with van der Waals surface area (Å²) in [6.45, 7) is 4.26.